The number of carbonyl (C=O) groups excluding carboxylic acids is 2. The Morgan fingerprint density at radius 1 is 1.15 bits per heavy atom. The second-order valence-corrected chi connectivity index (χ2v) is 2.49. The van der Waals surface area contributed by atoms with Crippen molar-refractivity contribution < 1.29 is 9.59 Å². The first-order valence-corrected chi connectivity index (χ1v) is 3.47. The zero-order chi connectivity index (χ0) is 10.0. The van der Waals surface area contributed by atoms with Crippen LogP contribution in [0.3, 0.4) is 0 Å². The molecule has 5 nitrogen and oxygen atoms in total. The van der Waals surface area contributed by atoms with Gasteiger partial charge in [-0.25, -0.2) is 0 Å². The van der Waals surface area contributed by atoms with Gasteiger partial charge in [0.05, 0.1) is 11.3 Å². The van der Waals surface area contributed by atoms with E-state index in [4.69, 9.17) is 17.2 Å². The van der Waals surface area contributed by atoms with E-state index < -0.39 is 11.8 Å². The van der Waals surface area contributed by atoms with E-state index in [1.807, 2.05) is 0 Å². The molecule has 0 atom stereocenters. The lowest BCUT2D eigenvalue weighted by molar-refractivity contribution is 0.0999. The predicted octanol–water partition coefficient (Wildman–Crippen LogP) is -0.201. The first-order chi connectivity index (χ1) is 6.02. The molecule has 0 aliphatic rings. The topological polar surface area (TPSA) is 110 Å². The summed E-state index contributed by atoms with van der Waals surface area (Å²) >= 11 is 0. The summed E-state index contributed by atoms with van der Waals surface area (Å²) in [6.07, 6.45) is 0. The molecule has 0 aliphatic carbocycles. The SMILES string of the molecule is [NH]c1ccc(C(N)=O)cc1C(N)=O. The van der Waals surface area contributed by atoms with Crippen LogP contribution in [0, 0.1) is 0 Å². The molecule has 0 aromatic heterocycles. The molecule has 0 unspecified atom stereocenters. The Balaban J connectivity index is 3.27. The fourth-order valence-corrected chi connectivity index (χ4v) is 0.901. The minimum Gasteiger partial charge on any atom is -0.366 e. The van der Waals surface area contributed by atoms with Gasteiger partial charge in [0.25, 0.3) is 5.91 Å². The molecule has 1 radical (unpaired) electrons. The van der Waals surface area contributed by atoms with Gasteiger partial charge in [-0.2, -0.15) is 0 Å². The zero-order valence-corrected chi connectivity index (χ0v) is 6.70. The summed E-state index contributed by atoms with van der Waals surface area (Å²) in [6, 6.07) is 3.89. The monoisotopic (exact) mass is 178 g/mol. The molecule has 0 spiro atoms. The molecule has 0 aliphatic heterocycles. The van der Waals surface area contributed by atoms with E-state index in [2.05, 4.69) is 0 Å². The molecule has 0 heterocycles. The van der Waals surface area contributed by atoms with Gasteiger partial charge in [-0.15, -0.1) is 0 Å². The summed E-state index contributed by atoms with van der Waals surface area (Å²) in [5, 5.41) is 0. The van der Waals surface area contributed by atoms with Crippen LogP contribution in [0.4, 0.5) is 5.69 Å². The number of nitrogens with two attached hydrogens (primary N) is 2. The molecule has 0 saturated carbocycles. The number of benzene rings is 1. The molecule has 1 aromatic rings. The van der Waals surface area contributed by atoms with Gasteiger partial charge in [-0.05, 0) is 18.2 Å². The Morgan fingerprint density at radius 3 is 2.23 bits per heavy atom. The van der Waals surface area contributed by atoms with Crippen molar-refractivity contribution in [1.82, 2.24) is 5.73 Å². The van der Waals surface area contributed by atoms with Crippen molar-refractivity contribution in [3.63, 3.8) is 0 Å². The summed E-state index contributed by atoms with van der Waals surface area (Å²) in [5.41, 5.74) is 17.4. The van der Waals surface area contributed by atoms with E-state index in [1.54, 1.807) is 0 Å². The Morgan fingerprint density at radius 2 is 1.77 bits per heavy atom. The van der Waals surface area contributed by atoms with Crippen LogP contribution in [-0.2, 0) is 0 Å². The molecule has 1 aromatic carbocycles. The highest BCUT2D eigenvalue weighted by molar-refractivity contribution is 6.01. The van der Waals surface area contributed by atoms with Crippen molar-refractivity contribution in [3.8, 4) is 0 Å². The van der Waals surface area contributed by atoms with E-state index in [0.717, 1.165) is 0 Å². The van der Waals surface area contributed by atoms with Gasteiger partial charge in [0.1, 0.15) is 0 Å². The molecule has 13 heavy (non-hydrogen) atoms. The molecule has 5 N–H and O–H groups in total. The molecule has 5 heteroatoms. The van der Waals surface area contributed by atoms with Gasteiger partial charge in [0, 0.05) is 5.56 Å². The van der Waals surface area contributed by atoms with E-state index in [-0.39, 0.29) is 16.8 Å². The second-order valence-electron chi connectivity index (χ2n) is 2.49. The average Bonchev–Trinajstić information content (AvgIpc) is 2.04. The molecular weight excluding hydrogens is 170 g/mol. The predicted molar refractivity (Wildman–Crippen MR) is 46.2 cm³/mol. The normalized spacial score (nSPS) is 9.54. The van der Waals surface area contributed by atoms with Gasteiger partial charge < -0.3 is 17.2 Å². The Hall–Kier alpha value is -2.04. The fourth-order valence-electron chi connectivity index (χ4n) is 0.901. The smallest absolute Gasteiger partial charge is 0.250 e. The van der Waals surface area contributed by atoms with Gasteiger partial charge in [-0.1, -0.05) is 0 Å². The van der Waals surface area contributed by atoms with Gasteiger partial charge in [0.2, 0.25) is 5.91 Å². The largest absolute Gasteiger partial charge is 0.366 e. The molecule has 1 rings (SSSR count). The third-order valence-corrected chi connectivity index (χ3v) is 1.57. The summed E-state index contributed by atoms with van der Waals surface area (Å²) < 4.78 is 0. The molecule has 0 fully saturated rings. The summed E-state index contributed by atoms with van der Waals surface area (Å²) in [6.45, 7) is 0. The maximum absolute atomic E-state index is 10.7. The molecule has 0 saturated heterocycles. The van der Waals surface area contributed by atoms with Crippen LogP contribution in [-0.4, -0.2) is 11.8 Å². The van der Waals surface area contributed by atoms with Crippen molar-refractivity contribution in [2.24, 2.45) is 11.5 Å². The van der Waals surface area contributed by atoms with Crippen LogP contribution in [0.25, 0.3) is 0 Å². The van der Waals surface area contributed by atoms with Crippen LogP contribution < -0.4 is 17.2 Å². The van der Waals surface area contributed by atoms with E-state index in [9.17, 15) is 9.59 Å². The number of rotatable bonds is 2. The van der Waals surface area contributed by atoms with Gasteiger partial charge >= 0.3 is 0 Å². The van der Waals surface area contributed by atoms with E-state index in [1.165, 1.54) is 18.2 Å². The van der Waals surface area contributed by atoms with Gasteiger partial charge in [-0.3, -0.25) is 9.59 Å². The Kier molecular flexibility index (Phi) is 2.19. The fraction of sp³-hybridized carbons (Fsp3) is 0. The Labute approximate surface area is 74.5 Å². The standard InChI is InChI=1S/C8H8N3O2/c9-6-2-1-4(7(10)12)3-5(6)8(11)13/h1-3,9H,(H2,10,12)(H2,11,13). The molecule has 67 valence electrons. The first kappa shape index (κ1) is 9.05. The zero-order valence-electron chi connectivity index (χ0n) is 6.70. The second kappa shape index (κ2) is 3.14. The average molecular weight is 178 g/mol. The summed E-state index contributed by atoms with van der Waals surface area (Å²) in [7, 11) is 0. The third-order valence-electron chi connectivity index (χ3n) is 1.57. The van der Waals surface area contributed by atoms with Crippen LogP contribution >= 0.6 is 0 Å². The summed E-state index contributed by atoms with van der Waals surface area (Å²) in [5.74, 6) is -1.39. The van der Waals surface area contributed by atoms with Gasteiger partial charge in [0.15, 0.2) is 0 Å². The number of carbonyl (C=O) groups is 2. The highest BCUT2D eigenvalue weighted by Crippen LogP contribution is 2.14. The number of nitrogens with one attached hydrogen (secondary N) is 1. The highest BCUT2D eigenvalue weighted by atomic mass is 16.1. The van der Waals surface area contributed by atoms with Crippen molar-refractivity contribution in [3.05, 3.63) is 29.3 Å². The number of hydrogen-bond acceptors (Lipinski definition) is 2. The van der Waals surface area contributed by atoms with Crippen molar-refractivity contribution in [2.45, 2.75) is 0 Å². The number of hydrogen-bond donors (Lipinski definition) is 2. The van der Waals surface area contributed by atoms with E-state index in [0.29, 0.717) is 0 Å². The highest BCUT2D eigenvalue weighted by Gasteiger charge is 2.09. The number of primary amides is 2. The third kappa shape index (κ3) is 1.76. The van der Waals surface area contributed by atoms with Crippen LogP contribution in [0.1, 0.15) is 20.7 Å². The minimum absolute atomic E-state index is 0.00343. The maximum atomic E-state index is 10.7. The molecule has 2 amide bonds. The lowest BCUT2D eigenvalue weighted by Crippen LogP contribution is -2.15. The lowest BCUT2D eigenvalue weighted by Gasteiger charge is -2.01. The number of amides is 2. The minimum atomic E-state index is -0.742. The maximum Gasteiger partial charge on any atom is 0.250 e. The van der Waals surface area contributed by atoms with Crippen LogP contribution in [0.15, 0.2) is 18.2 Å². The van der Waals surface area contributed by atoms with E-state index >= 15 is 0 Å². The van der Waals surface area contributed by atoms with Crippen molar-refractivity contribution in [2.75, 3.05) is 0 Å². The summed E-state index contributed by atoms with van der Waals surface area (Å²) in [4.78, 5) is 21.4. The van der Waals surface area contributed by atoms with Crippen molar-refractivity contribution in [1.29, 1.82) is 0 Å². The molecule has 0 bridgehead atoms. The lowest BCUT2D eigenvalue weighted by atomic mass is 10.1. The first-order valence-electron chi connectivity index (χ1n) is 3.47. The Bertz CT molecular complexity index is 374. The molecular formula is C8H8N3O2. The van der Waals surface area contributed by atoms with Crippen LogP contribution in [0.2, 0.25) is 0 Å². The van der Waals surface area contributed by atoms with Crippen molar-refractivity contribution >= 4 is 17.5 Å². The van der Waals surface area contributed by atoms with Crippen LogP contribution in [0.5, 0.6) is 0 Å². The quantitative estimate of drug-likeness (QED) is 0.653.